The van der Waals surface area contributed by atoms with Gasteiger partial charge in [-0.15, -0.1) is 0 Å². The third-order valence-electron chi connectivity index (χ3n) is 2.79. The second kappa shape index (κ2) is 7.17. The van der Waals surface area contributed by atoms with Crippen molar-refractivity contribution < 1.29 is 4.79 Å². The van der Waals surface area contributed by atoms with Crippen molar-refractivity contribution in [3.8, 4) is 0 Å². The van der Waals surface area contributed by atoms with Gasteiger partial charge in [0.2, 0.25) is 5.91 Å². The Kier molecular flexibility index (Phi) is 5.86. The highest BCUT2D eigenvalue weighted by Gasteiger charge is 2.06. The molecule has 0 fully saturated rings. The molecule has 1 rings (SSSR count). The van der Waals surface area contributed by atoms with Gasteiger partial charge < -0.3 is 10.6 Å². The van der Waals surface area contributed by atoms with E-state index in [1.165, 1.54) is 11.1 Å². The molecule has 3 nitrogen and oxygen atoms in total. The minimum atomic E-state index is 0.106. The van der Waals surface area contributed by atoms with Crippen LogP contribution >= 0.6 is 0 Å². The van der Waals surface area contributed by atoms with E-state index in [0.717, 1.165) is 0 Å². The summed E-state index contributed by atoms with van der Waals surface area (Å²) in [4.78, 5) is 11.5. The molecule has 0 bridgehead atoms. The molecular weight excluding hydrogens is 224 g/mol. The highest BCUT2D eigenvalue weighted by molar-refractivity contribution is 5.76. The molecule has 0 heterocycles. The molecule has 1 aromatic rings. The van der Waals surface area contributed by atoms with Crippen molar-refractivity contribution in [2.24, 2.45) is 0 Å². The van der Waals surface area contributed by atoms with E-state index < -0.39 is 0 Å². The second-order valence-corrected chi connectivity index (χ2v) is 5.06. The van der Waals surface area contributed by atoms with Crippen LogP contribution in [0.4, 0.5) is 0 Å². The Morgan fingerprint density at radius 2 is 2.00 bits per heavy atom. The van der Waals surface area contributed by atoms with Crippen LogP contribution in [-0.4, -0.2) is 18.5 Å². The van der Waals surface area contributed by atoms with Crippen molar-refractivity contribution in [1.82, 2.24) is 10.6 Å². The zero-order valence-corrected chi connectivity index (χ0v) is 11.8. The fraction of sp³-hybridized carbons (Fsp3) is 0.533. The van der Waals surface area contributed by atoms with Gasteiger partial charge in [-0.3, -0.25) is 4.79 Å². The van der Waals surface area contributed by atoms with E-state index >= 15 is 0 Å². The first-order valence-electron chi connectivity index (χ1n) is 6.58. The molecule has 0 aliphatic rings. The van der Waals surface area contributed by atoms with Gasteiger partial charge in [-0.05, 0) is 33.3 Å². The van der Waals surface area contributed by atoms with Gasteiger partial charge in [-0.1, -0.05) is 29.8 Å². The number of hydrogen-bond donors (Lipinski definition) is 2. The maximum Gasteiger partial charge on any atom is 0.221 e. The summed E-state index contributed by atoms with van der Waals surface area (Å²) in [6, 6.07) is 8.93. The molecule has 0 aromatic heterocycles. The normalized spacial score (nSPS) is 12.5. The minimum Gasteiger partial charge on any atom is -0.354 e. The van der Waals surface area contributed by atoms with Gasteiger partial charge in [-0.2, -0.15) is 0 Å². The highest BCUT2D eigenvalue weighted by atomic mass is 16.1. The van der Waals surface area contributed by atoms with Gasteiger partial charge in [-0.25, -0.2) is 0 Å². The monoisotopic (exact) mass is 248 g/mol. The molecule has 0 saturated carbocycles. The van der Waals surface area contributed by atoms with E-state index in [9.17, 15) is 4.79 Å². The summed E-state index contributed by atoms with van der Waals surface area (Å²) in [7, 11) is 0. The van der Waals surface area contributed by atoms with Gasteiger partial charge >= 0.3 is 0 Å². The summed E-state index contributed by atoms with van der Waals surface area (Å²) in [5.41, 5.74) is 2.53. The van der Waals surface area contributed by atoms with Crippen LogP contribution in [0.1, 0.15) is 44.4 Å². The molecule has 1 amide bonds. The molecule has 0 aliphatic carbocycles. The molecule has 0 saturated heterocycles. The van der Waals surface area contributed by atoms with Gasteiger partial charge in [0, 0.05) is 25.0 Å². The van der Waals surface area contributed by atoms with Gasteiger partial charge in [0.25, 0.3) is 0 Å². The minimum absolute atomic E-state index is 0.106. The summed E-state index contributed by atoms with van der Waals surface area (Å²) in [6.07, 6.45) is 0.522. The topological polar surface area (TPSA) is 41.1 Å². The fourth-order valence-electron chi connectivity index (χ4n) is 1.85. The maximum atomic E-state index is 11.5. The third kappa shape index (κ3) is 5.32. The van der Waals surface area contributed by atoms with E-state index in [2.05, 4.69) is 48.7 Å². The van der Waals surface area contributed by atoms with Crippen molar-refractivity contribution in [2.45, 2.75) is 46.2 Å². The van der Waals surface area contributed by atoms with E-state index in [1.54, 1.807) is 0 Å². The molecule has 0 spiro atoms. The van der Waals surface area contributed by atoms with Gasteiger partial charge in [0.1, 0.15) is 0 Å². The zero-order valence-electron chi connectivity index (χ0n) is 11.8. The molecule has 100 valence electrons. The molecular formula is C15H24N2O. The highest BCUT2D eigenvalue weighted by Crippen LogP contribution is 2.13. The predicted molar refractivity (Wildman–Crippen MR) is 75.5 cm³/mol. The lowest BCUT2D eigenvalue weighted by Crippen LogP contribution is -2.33. The van der Waals surface area contributed by atoms with Crippen molar-refractivity contribution in [3.63, 3.8) is 0 Å². The molecule has 1 unspecified atom stereocenters. The Labute approximate surface area is 110 Å². The summed E-state index contributed by atoms with van der Waals surface area (Å²) in [5, 5.41) is 6.26. The number of nitrogens with one attached hydrogen (secondary N) is 2. The van der Waals surface area contributed by atoms with E-state index in [0.29, 0.717) is 13.0 Å². The Hall–Kier alpha value is -1.35. The van der Waals surface area contributed by atoms with Crippen LogP contribution in [-0.2, 0) is 4.79 Å². The first-order chi connectivity index (χ1) is 8.49. The molecule has 3 heteroatoms. The fourth-order valence-corrected chi connectivity index (χ4v) is 1.85. The van der Waals surface area contributed by atoms with E-state index in [4.69, 9.17) is 0 Å². The second-order valence-electron chi connectivity index (χ2n) is 5.06. The molecule has 0 aliphatic heterocycles. The SMILES string of the molecule is Cc1cccc(C(C)NCCC(=O)NC(C)C)c1. The van der Waals surface area contributed by atoms with Crippen LogP contribution in [0, 0.1) is 6.92 Å². The summed E-state index contributed by atoms with van der Waals surface area (Å²) >= 11 is 0. The van der Waals surface area contributed by atoms with Crippen LogP contribution < -0.4 is 10.6 Å². The number of benzene rings is 1. The number of rotatable bonds is 6. The molecule has 2 N–H and O–H groups in total. The van der Waals surface area contributed by atoms with Crippen molar-refractivity contribution in [3.05, 3.63) is 35.4 Å². The molecule has 1 atom stereocenters. The van der Waals surface area contributed by atoms with Crippen LogP contribution in [0.25, 0.3) is 0 Å². The molecule has 18 heavy (non-hydrogen) atoms. The third-order valence-corrected chi connectivity index (χ3v) is 2.79. The Morgan fingerprint density at radius 3 is 2.61 bits per heavy atom. The number of amides is 1. The predicted octanol–water partition coefficient (Wildman–Crippen LogP) is 2.56. The lowest BCUT2D eigenvalue weighted by molar-refractivity contribution is -0.121. The van der Waals surface area contributed by atoms with E-state index in [1.807, 2.05) is 13.8 Å². The Morgan fingerprint density at radius 1 is 1.28 bits per heavy atom. The van der Waals surface area contributed by atoms with Crippen molar-refractivity contribution in [1.29, 1.82) is 0 Å². The van der Waals surface area contributed by atoms with Crippen LogP contribution in [0.3, 0.4) is 0 Å². The Bertz CT molecular complexity index is 388. The number of aryl methyl sites for hydroxylation is 1. The standard InChI is InChI=1S/C15H24N2O/c1-11(2)17-15(18)8-9-16-13(4)14-7-5-6-12(3)10-14/h5-7,10-11,13,16H,8-9H2,1-4H3,(H,17,18). The first kappa shape index (κ1) is 14.7. The lowest BCUT2D eigenvalue weighted by Gasteiger charge is -2.15. The smallest absolute Gasteiger partial charge is 0.221 e. The van der Waals surface area contributed by atoms with Crippen molar-refractivity contribution >= 4 is 5.91 Å². The number of hydrogen-bond acceptors (Lipinski definition) is 2. The van der Waals surface area contributed by atoms with E-state index in [-0.39, 0.29) is 18.0 Å². The van der Waals surface area contributed by atoms with Crippen molar-refractivity contribution in [2.75, 3.05) is 6.54 Å². The maximum absolute atomic E-state index is 11.5. The summed E-state index contributed by atoms with van der Waals surface area (Å²) in [5.74, 6) is 0.106. The Balaban J connectivity index is 2.33. The average molecular weight is 248 g/mol. The number of carbonyl (C=O) groups excluding carboxylic acids is 1. The first-order valence-corrected chi connectivity index (χ1v) is 6.58. The van der Waals surface area contributed by atoms with Crippen LogP contribution in [0.5, 0.6) is 0 Å². The average Bonchev–Trinajstić information content (AvgIpc) is 2.27. The van der Waals surface area contributed by atoms with Gasteiger partial charge in [0.15, 0.2) is 0 Å². The largest absolute Gasteiger partial charge is 0.354 e. The number of carbonyl (C=O) groups is 1. The molecule has 0 radical (unpaired) electrons. The summed E-state index contributed by atoms with van der Waals surface area (Å²) < 4.78 is 0. The van der Waals surface area contributed by atoms with Crippen LogP contribution in [0.2, 0.25) is 0 Å². The lowest BCUT2D eigenvalue weighted by atomic mass is 10.1. The summed E-state index contributed by atoms with van der Waals surface area (Å²) in [6.45, 7) is 8.86. The zero-order chi connectivity index (χ0) is 13.5. The molecule has 1 aromatic carbocycles. The van der Waals surface area contributed by atoms with Gasteiger partial charge in [0.05, 0.1) is 0 Å². The van der Waals surface area contributed by atoms with Crippen LogP contribution in [0.15, 0.2) is 24.3 Å². The quantitative estimate of drug-likeness (QED) is 0.812.